The summed E-state index contributed by atoms with van der Waals surface area (Å²) in [4.78, 5) is 11.3. The molecule has 0 aliphatic heterocycles. The van der Waals surface area contributed by atoms with Crippen LogP contribution >= 0.6 is 15.9 Å². The molecular weight excluding hydrogens is 298 g/mol. The summed E-state index contributed by atoms with van der Waals surface area (Å²) in [5.41, 5.74) is 0.233. The highest BCUT2D eigenvalue weighted by Gasteiger charge is 2.20. The SMILES string of the molecule is CCOC(=O)Cc1cc(Br)c(F)c(F)c1OC. The molecule has 0 saturated carbocycles. The van der Waals surface area contributed by atoms with Crippen molar-refractivity contribution in [1.29, 1.82) is 0 Å². The molecule has 6 heteroatoms. The molecule has 1 aromatic carbocycles. The lowest BCUT2D eigenvalue weighted by atomic mass is 10.1. The largest absolute Gasteiger partial charge is 0.493 e. The molecule has 0 radical (unpaired) electrons. The Bertz CT molecular complexity index is 435. The van der Waals surface area contributed by atoms with Crippen molar-refractivity contribution in [2.45, 2.75) is 13.3 Å². The smallest absolute Gasteiger partial charge is 0.310 e. The van der Waals surface area contributed by atoms with E-state index in [1.807, 2.05) is 0 Å². The summed E-state index contributed by atoms with van der Waals surface area (Å²) in [5.74, 6) is -2.97. The summed E-state index contributed by atoms with van der Waals surface area (Å²) < 4.78 is 36.1. The fraction of sp³-hybridized carbons (Fsp3) is 0.364. The monoisotopic (exact) mass is 308 g/mol. The second kappa shape index (κ2) is 5.95. The minimum atomic E-state index is -1.12. The predicted octanol–water partition coefficient (Wildman–Crippen LogP) is 2.84. The number of halogens is 3. The Kier molecular flexibility index (Phi) is 4.86. The number of methoxy groups -OCH3 is 1. The highest BCUT2D eigenvalue weighted by atomic mass is 79.9. The highest BCUT2D eigenvalue weighted by molar-refractivity contribution is 9.10. The molecule has 3 nitrogen and oxygen atoms in total. The van der Waals surface area contributed by atoms with Crippen LogP contribution in [0.25, 0.3) is 0 Å². The van der Waals surface area contributed by atoms with Crippen molar-refractivity contribution in [3.05, 3.63) is 27.7 Å². The Balaban J connectivity index is 3.10. The summed E-state index contributed by atoms with van der Waals surface area (Å²) in [6.45, 7) is 1.89. The van der Waals surface area contributed by atoms with Gasteiger partial charge in [0.2, 0.25) is 5.82 Å². The molecule has 17 heavy (non-hydrogen) atoms. The number of carbonyl (C=O) groups excluding carboxylic acids is 1. The summed E-state index contributed by atoms with van der Waals surface area (Å²) in [5, 5.41) is 0. The number of benzene rings is 1. The van der Waals surface area contributed by atoms with E-state index in [1.54, 1.807) is 6.92 Å². The first-order valence-electron chi connectivity index (χ1n) is 4.87. The van der Waals surface area contributed by atoms with E-state index in [1.165, 1.54) is 13.2 Å². The van der Waals surface area contributed by atoms with Crippen LogP contribution in [-0.4, -0.2) is 19.7 Å². The zero-order valence-electron chi connectivity index (χ0n) is 9.35. The molecule has 0 aromatic heterocycles. The zero-order chi connectivity index (χ0) is 13.0. The van der Waals surface area contributed by atoms with Crippen LogP contribution < -0.4 is 4.74 Å². The molecule has 0 amide bonds. The molecule has 1 rings (SSSR count). The normalized spacial score (nSPS) is 10.2. The standard InChI is InChI=1S/C11H11BrF2O3/c1-3-17-8(15)5-6-4-7(12)9(13)10(14)11(6)16-2/h4H,3,5H2,1-2H3. The Hall–Kier alpha value is -1.17. The van der Waals surface area contributed by atoms with Crippen molar-refractivity contribution in [2.75, 3.05) is 13.7 Å². The Labute approximate surface area is 106 Å². The number of hydrogen-bond donors (Lipinski definition) is 0. The lowest BCUT2D eigenvalue weighted by Gasteiger charge is -2.10. The van der Waals surface area contributed by atoms with E-state index < -0.39 is 17.6 Å². The number of rotatable bonds is 4. The van der Waals surface area contributed by atoms with Crippen LogP contribution in [0, 0.1) is 11.6 Å². The number of esters is 1. The van der Waals surface area contributed by atoms with Gasteiger partial charge in [0.1, 0.15) is 0 Å². The van der Waals surface area contributed by atoms with Gasteiger partial charge in [0.05, 0.1) is 24.6 Å². The van der Waals surface area contributed by atoms with Crippen LogP contribution in [0.15, 0.2) is 10.5 Å². The number of carbonyl (C=O) groups is 1. The Morgan fingerprint density at radius 2 is 2.06 bits per heavy atom. The summed E-state index contributed by atoms with van der Waals surface area (Å²) >= 11 is 2.87. The van der Waals surface area contributed by atoms with E-state index in [0.29, 0.717) is 0 Å². The maximum atomic E-state index is 13.5. The van der Waals surface area contributed by atoms with E-state index in [0.717, 1.165) is 0 Å². The quantitative estimate of drug-likeness (QED) is 0.634. The average Bonchev–Trinajstić information content (AvgIpc) is 2.27. The van der Waals surface area contributed by atoms with Gasteiger partial charge < -0.3 is 9.47 Å². The second-order valence-corrected chi connectivity index (χ2v) is 4.01. The highest BCUT2D eigenvalue weighted by Crippen LogP contribution is 2.31. The van der Waals surface area contributed by atoms with Gasteiger partial charge in [0, 0.05) is 5.56 Å². The first-order chi connectivity index (χ1) is 8.01. The van der Waals surface area contributed by atoms with Gasteiger partial charge in [-0.3, -0.25) is 4.79 Å². The van der Waals surface area contributed by atoms with Gasteiger partial charge >= 0.3 is 5.97 Å². The third kappa shape index (κ3) is 3.15. The molecule has 0 fully saturated rings. The molecule has 0 aliphatic rings. The summed E-state index contributed by atoms with van der Waals surface area (Å²) in [6, 6.07) is 1.30. The number of hydrogen-bond acceptors (Lipinski definition) is 3. The van der Waals surface area contributed by atoms with Crippen molar-refractivity contribution >= 4 is 21.9 Å². The van der Waals surface area contributed by atoms with Gasteiger partial charge in [0.25, 0.3) is 0 Å². The molecule has 0 saturated heterocycles. The van der Waals surface area contributed by atoms with E-state index in [9.17, 15) is 13.6 Å². The summed E-state index contributed by atoms with van der Waals surface area (Å²) in [6.07, 6.45) is -0.174. The molecule has 1 aromatic rings. The predicted molar refractivity (Wildman–Crippen MR) is 60.9 cm³/mol. The molecular formula is C11H11BrF2O3. The molecule has 0 aliphatic carbocycles. The van der Waals surface area contributed by atoms with Gasteiger partial charge in [0.15, 0.2) is 11.6 Å². The Morgan fingerprint density at radius 3 is 2.59 bits per heavy atom. The minimum Gasteiger partial charge on any atom is -0.493 e. The van der Waals surface area contributed by atoms with Crippen LogP contribution in [0.2, 0.25) is 0 Å². The molecule has 0 heterocycles. The lowest BCUT2D eigenvalue weighted by Crippen LogP contribution is -2.10. The maximum absolute atomic E-state index is 13.5. The van der Waals surface area contributed by atoms with Crippen molar-refractivity contribution in [3.63, 3.8) is 0 Å². The van der Waals surface area contributed by atoms with Gasteiger partial charge in [-0.1, -0.05) is 0 Å². The van der Waals surface area contributed by atoms with Crippen molar-refractivity contribution in [2.24, 2.45) is 0 Å². The van der Waals surface area contributed by atoms with Gasteiger partial charge in [-0.05, 0) is 28.9 Å². The zero-order valence-corrected chi connectivity index (χ0v) is 10.9. The van der Waals surface area contributed by atoms with E-state index >= 15 is 0 Å². The van der Waals surface area contributed by atoms with Crippen LogP contribution in [0.1, 0.15) is 12.5 Å². The second-order valence-electron chi connectivity index (χ2n) is 3.16. The fourth-order valence-electron chi connectivity index (χ4n) is 1.35. The third-order valence-corrected chi connectivity index (χ3v) is 2.62. The van der Waals surface area contributed by atoms with Crippen molar-refractivity contribution < 1.29 is 23.0 Å². The first-order valence-corrected chi connectivity index (χ1v) is 5.66. The Morgan fingerprint density at radius 1 is 1.41 bits per heavy atom. The molecule has 0 spiro atoms. The van der Waals surface area contributed by atoms with E-state index in [4.69, 9.17) is 9.47 Å². The van der Waals surface area contributed by atoms with Gasteiger partial charge in [-0.25, -0.2) is 4.39 Å². The van der Waals surface area contributed by atoms with Crippen molar-refractivity contribution in [3.8, 4) is 5.75 Å². The molecule has 0 bridgehead atoms. The van der Waals surface area contributed by atoms with Crippen LogP contribution in [0.3, 0.4) is 0 Å². The molecule has 94 valence electrons. The number of ether oxygens (including phenoxy) is 2. The summed E-state index contributed by atoms with van der Waals surface area (Å²) in [7, 11) is 1.21. The third-order valence-electron chi connectivity index (χ3n) is 2.04. The van der Waals surface area contributed by atoms with Gasteiger partial charge in [-0.15, -0.1) is 0 Å². The molecule has 0 unspecified atom stereocenters. The first kappa shape index (κ1) is 13.9. The van der Waals surface area contributed by atoms with Crippen LogP contribution in [-0.2, 0) is 16.0 Å². The maximum Gasteiger partial charge on any atom is 0.310 e. The van der Waals surface area contributed by atoms with Crippen LogP contribution in [0.5, 0.6) is 5.75 Å². The minimum absolute atomic E-state index is 0.0601. The average molecular weight is 309 g/mol. The van der Waals surface area contributed by atoms with Crippen LogP contribution in [0.4, 0.5) is 8.78 Å². The van der Waals surface area contributed by atoms with Crippen molar-refractivity contribution in [1.82, 2.24) is 0 Å². The lowest BCUT2D eigenvalue weighted by molar-refractivity contribution is -0.142. The molecule has 0 N–H and O–H groups in total. The van der Waals surface area contributed by atoms with Gasteiger partial charge in [-0.2, -0.15) is 4.39 Å². The van der Waals surface area contributed by atoms with E-state index in [-0.39, 0.29) is 28.8 Å². The molecule has 0 atom stereocenters. The van der Waals surface area contributed by atoms with E-state index in [2.05, 4.69) is 15.9 Å². The topological polar surface area (TPSA) is 35.5 Å². The fourth-order valence-corrected chi connectivity index (χ4v) is 1.80.